The summed E-state index contributed by atoms with van der Waals surface area (Å²) in [7, 11) is 0. The molecule has 1 aromatic carbocycles. The number of piperazine rings is 1. The monoisotopic (exact) mass is 300 g/mol. The highest BCUT2D eigenvalue weighted by molar-refractivity contribution is 9.10. The number of benzene rings is 1. The van der Waals surface area contributed by atoms with E-state index >= 15 is 0 Å². The molecule has 1 N–H and O–H groups in total. The maximum absolute atomic E-state index is 13.3. The van der Waals surface area contributed by atoms with Crippen LogP contribution >= 0.6 is 15.9 Å². The number of hydrogen-bond acceptors (Lipinski definition) is 2. The molecule has 2 nitrogen and oxygen atoms in total. The molecule has 1 heterocycles. The van der Waals surface area contributed by atoms with E-state index in [1.54, 1.807) is 6.07 Å². The zero-order valence-corrected chi connectivity index (χ0v) is 11.8. The summed E-state index contributed by atoms with van der Waals surface area (Å²) < 4.78 is 14.1. The molecule has 2 unspecified atom stereocenters. The lowest BCUT2D eigenvalue weighted by Crippen LogP contribution is -2.53. The molecule has 1 saturated heterocycles. The first-order valence-corrected chi connectivity index (χ1v) is 6.75. The Kier molecular flexibility index (Phi) is 4.17. The zero-order valence-electron chi connectivity index (χ0n) is 10.2. The topological polar surface area (TPSA) is 15.3 Å². The number of halogens is 2. The van der Waals surface area contributed by atoms with Crippen molar-refractivity contribution in [3.05, 3.63) is 34.1 Å². The average Bonchev–Trinajstić information content (AvgIpc) is 2.13. The molecular formula is C13H18BrFN2. The van der Waals surface area contributed by atoms with Crippen LogP contribution in [-0.2, 0) is 6.54 Å². The Bertz CT molecular complexity index is 367. The summed E-state index contributed by atoms with van der Waals surface area (Å²) in [5, 5.41) is 3.49. The Morgan fingerprint density at radius 2 is 1.94 bits per heavy atom. The molecule has 1 aliphatic heterocycles. The van der Waals surface area contributed by atoms with Crippen LogP contribution in [0.1, 0.15) is 19.4 Å². The van der Waals surface area contributed by atoms with Crippen molar-refractivity contribution in [3.63, 3.8) is 0 Å². The van der Waals surface area contributed by atoms with Crippen LogP contribution in [0.4, 0.5) is 4.39 Å². The third-order valence-electron chi connectivity index (χ3n) is 2.96. The normalized spacial score (nSPS) is 26.1. The van der Waals surface area contributed by atoms with E-state index in [9.17, 15) is 4.39 Å². The summed E-state index contributed by atoms with van der Waals surface area (Å²) in [4.78, 5) is 2.37. The van der Waals surface area contributed by atoms with Gasteiger partial charge in [-0.3, -0.25) is 4.90 Å². The van der Waals surface area contributed by atoms with Crippen molar-refractivity contribution >= 4 is 15.9 Å². The first-order chi connectivity index (χ1) is 8.02. The standard InChI is InChI=1S/C13H18BrFN2/c1-9-6-17(7-10(2)16-9)8-11-3-12(14)5-13(15)4-11/h3-5,9-10,16H,6-8H2,1-2H3. The Labute approximate surface area is 110 Å². The Morgan fingerprint density at radius 3 is 2.53 bits per heavy atom. The van der Waals surface area contributed by atoms with Gasteiger partial charge in [-0.25, -0.2) is 4.39 Å². The number of rotatable bonds is 2. The highest BCUT2D eigenvalue weighted by Crippen LogP contribution is 2.17. The largest absolute Gasteiger partial charge is 0.309 e. The van der Waals surface area contributed by atoms with E-state index in [0.717, 1.165) is 29.7 Å². The second-order valence-corrected chi connectivity index (χ2v) is 5.86. The summed E-state index contributed by atoms with van der Waals surface area (Å²) in [6, 6.07) is 6.08. The van der Waals surface area contributed by atoms with Gasteiger partial charge in [0.2, 0.25) is 0 Å². The molecule has 4 heteroatoms. The summed E-state index contributed by atoms with van der Waals surface area (Å²) in [6.45, 7) is 7.21. The molecule has 0 aromatic heterocycles. The van der Waals surface area contributed by atoms with E-state index < -0.39 is 0 Å². The van der Waals surface area contributed by atoms with Crippen LogP contribution in [0, 0.1) is 5.82 Å². The predicted octanol–water partition coefficient (Wildman–Crippen LogP) is 2.77. The van der Waals surface area contributed by atoms with Crippen LogP contribution in [0.3, 0.4) is 0 Å². The molecule has 0 bridgehead atoms. The number of nitrogens with zero attached hydrogens (tertiary/aromatic N) is 1. The minimum Gasteiger partial charge on any atom is -0.309 e. The van der Waals surface area contributed by atoms with Crippen LogP contribution in [0.5, 0.6) is 0 Å². The van der Waals surface area contributed by atoms with Gasteiger partial charge in [-0.2, -0.15) is 0 Å². The first kappa shape index (κ1) is 13.0. The second-order valence-electron chi connectivity index (χ2n) is 4.94. The van der Waals surface area contributed by atoms with Crippen molar-refractivity contribution < 1.29 is 4.39 Å². The lowest BCUT2D eigenvalue weighted by Gasteiger charge is -2.36. The minimum absolute atomic E-state index is 0.175. The third kappa shape index (κ3) is 3.76. The van der Waals surface area contributed by atoms with Gasteiger partial charge in [0.05, 0.1) is 0 Å². The highest BCUT2D eigenvalue weighted by Gasteiger charge is 2.20. The maximum Gasteiger partial charge on any atom is 0.124 e. The van der Waals surface area contributed by atoms with Gasteiger partial charge < -0.3 is 5.32 Å². The summed E-state index contributed by atoms with van der Waals surface area (Å²) in [5.74, 6) is -0.175. The van der Waals surface area contributed by atoms with Crippen molar-refractivity contribution in [1.82, 2.24) is 10.2 Å². The van der Waals surface area contributed by atoms with Gasteiger partial charge in [0.25, 0.3) is 0 Å². The Balaban J connectivity index is 2.04. The highest BCUT2D eigenvalue weighted by atomic mass is 79.9. The molecule has 1 fully saturated rings. The fraction of sp³-hybridized carbons (Fsp3) is 0.538. The zero-order chi connectivity index (χ0) is 12.4. The molecule has 0 aliphatic carbocycles. The molecule has 2 atom stereocenters. The van der Waals surface area contributed by atoms with E-state index in [1.165, 1.54) is 6.07 Å². The minimum atomic E-state index is -0.175. The molecule has 0 saturated carbocycles. The van der Waals surface area contributed by atoms with Crippen LogP contribution in [0.2, 0.25) is 0 Å². The number of nitrogens with one attached hydrogen (secondary N) is 1. The fourth-order valence-electron chi connectivity index (χ4n) is 2.53. The van der Waals surface area contributed by atoms with E-state index in [1.807, 2.05) is 6.07 Å². The van der Waals surface area contributed by atoms with Crippen LogP contribution in [-0.4, -0.2) is 30.1 Å². The molecule has 94 valence electrons. The average molecular weight is 301 g/mol. The van der Waals surface area contributed by atoms with Crippen molar-refractivity contribution in [2.45, 2.75) is 32.5 Å². The fourth-order valence-corrected chi connectivity index (χ4v) is 3.04. The van der Waals surface area contributed by atoms with E-state index in [-0.39, 0.29) is 5.82 Å². The number of hydrogen-bond donors (Lipinski definition) is 1. The van der Waals surface area contributed by atoms with Gasteiger partial charge in [0.15, 0.2) is 0 Å². The van der Waals surface area contributed by atoms with Crippen LogP contribution in [0.15, 0.2) is 22.7 Å². The Hall–Kier alpha value is -0.450. The smallest absolute Gasteiger partial charge is 0.124 e. The van der Waals surface area contributed by atoms with Gasteiger partial charge in [0.1, 0.15) is 5.82 Å². The van der Waals surface area contributed by atoms with Crippen molar-refractivity contribution in [2.75, 3.05) is 13.1 Å². The van der Waals surface area contributed by atoms with Gasteiger partial charge in [0, 0.05) is 36.2 Å². The van der Waals surface area contributed by atoms with Crippen LogP contribution in [0.25, 0.3) is 0 Å². The van der Waals surface area contributed by atoms with Gasteiger partial charge in [-0.05, 0) is 37.6 Å². The van der Waals surface area contributed by atoms with Gasteiger partial charge >= 0.3 is 0 Å². The van der Waals surface area contributed by atoms with E-state index in [2.05, 4.69) is 40.0 Å². The van der Waals surface area contributed by atoms with Gasteiger partial charge in [-0.1, -0.05) is 15.9 Å². The first-order valence-electron chi connectivity index (χ1n) is 5.96. The predicted molar refractivity (Wildman–Crippen MR) is 71.4 cm³/mol. The summed E-state index contributed by atoms with van der Waals surface area (Å²) in [5.41, 5.74) is 1.03. The van der Waals surface area contributed by atoms with Crippen molar-refractivity contribution in [1.29, 1.82) is 0 Å². The van der Waals surface area contributed by atoms with Gasteiger partial charge in [-0.15, -0.1) is 0 Å². The second kappa shape index (κ2) is 5.46. The third-order valence-corrected chi connectivity index (χ3v) is 3.42. The summed E-state index contributed by atoms with van der Waals surface area (Å²) in [6.07, 6.45) is 0. The lowest BCUT2D eigenvalue weighted by molar-refractivity contribution is 0.166. The molecule has 2 rings (SSSR count). The van der Waals surface area contributed by atoms with E-state index in [0.29, 0.717) is 12.1 Å². The molecular weight excluding hydrogens is 283 g/mol. The molecule has 1 aromatic rings. The molecule has 1 aliphatic rings. The van der Waals surface area contributed by atoms with Crippen molar-refractivity contribution in [2.24, 2.45) is 0 Å². The maximum atomic E-state index is 13.3. The molecule has 17 heavy (non-hydrogen) atoms. The quantitative estimate of drug-likeness (QED) is 0.903. The van der Waals surface area contributed by atoms with Crippen LogP contribution < -0.4 is 5.32 Å². The Morgan fingerprint density at radius 1 is 1.29 bits per heavy atom. The molecule has 0 amide bonds. The lowest BCUT2D eigenvalue weighted by atomic mass is 10.1. The van der Waals surface area contributed by atoms with Crippen molar-refractivity contribution in [3.8, 4) is 0 Å². The molecule has 0 spiro atoms. The van der Waals surface area contributed by atoms with E-state index in [4.69, 9.17) is 0 Å². The summed E-state index contributed by atoms with van der Waals surface area (Å²) >= 11 is 3.33. The SMILES string of the molecule is CC1CN(Cc2cc(F)cc(Br)c2)CC(C)N1. The molecule has 0 radical (unpaired) electrons.